The first-order chi connectivity index (χ1) is 8.44. The first-order valence-corrected chi connectivity index (χ1v) is 7.41. The van der Waals surface area contributed by atoms with Crippen molar-refractivity contribution in [3.63, 3.8) is 0 Å². The third kappa shape index (κ3) is 3.05. The van der Waals surface area contributed by atoms with E-state index in [2.05, 4.69) is 18.7 Å². The molecule has 2 aliphatic rings. The highest BCUT2D eigenvalue weighted by molar-refractivity contribution is 5.68. The van der Waals surface area contributed by atoms with E-state index in [4.69, 9.17) is 0 Å². The average Bonchev–Trinajstić information content (AvgIpc) is 2.74. The van der Waals surface area contributed by atoms with Crippen LogP contribution < -0.4 is 0 Å². The molecular weight excluding hydrogens is 226 g/mol. The van der Waals surface area contributed by atoms with Crippen molar-refractivity contribution >= 4 is 5.97 Å². The maximum absolute atomic E-state index is 11.3. The van der Waals surface area contributed by atoms with Crippen molar-refractivity contribution in [2.45, 2.75) is 70.8 Å². The Morgan fingerprint density at radius 2 is 1.72 bits per heavy atom. The zero-order valence-electron chi connectivity index (χ0n) is 11.9. The number of aliphatic carboxylic acids is 1. The molecule has 0 aromatic heterocycles. The molecule has 2 rings (SSSR count). The molecule has 1 aliphatic carbocycles. The lowest BCUT2D eigenvalue weighted by atomic mass is 9.81. The molecule has 1 aliphatic heterocycles. The van der Waals surface area contributed by atoms with Gasteiger partial charge in [-0.1, -0.05) is 20.3 Å². The topological polar surface area (TPSA) is 40.5 Å². The summed E-state index contributed by atoms with van der Waals surface area (Å²) in [4.78, 5) is 13.8. The Morgan fingerprint density at radius 1 is 1.06 bits per heavy atom. The zero-order chi connectivity index (χ0) is 13.2. The fraction of sp³-hybridized carbons (Fsp3) is 0.933. The molecule has 1 atom stereocenters. The normalized spacial score (nSPS) is 33.2. The van der Waals surface area contributed by atoms with Crippen LogP contribution in [0.3, 0.4) is 0 Å². The Morgan fingerprint density at radius 3 is 2.33 bits per heavy atom. The highest BCUT2D eigenvalue weighted by Crippen LogP contribution is 2.43. The minimum Gasteiger partial charge on any atom is -0.481 e. The molecule has 1 saturated carbocycles. The second kappa shape index (κ2) is 5.20. The Labute approximate surface area is 111 Å². The molecule has 18 heavy (non-hydrogen) atoms. The van der Waals surface area contributed by atoms with Crippen molar-refractivity contribution in [1.29, 1.82) is 0 Å². The van der Waals surface area contributed by atoms with E-state index in [-0.39, 0.29) is 5.54 Å². The van der Waals surface area contributed by atoms with Crippen LogP contribution in [0.4, 0.5) is 0 Å². The van der Waals surface area contributed by atoms with Crippen LogP contribution in [0.2, 0.25) is 0 Å². The molecule has 0 bridgehead atoms. The predicted molar refractivity (Wildman–Crippen MR) is 72.7 cm³/mol. The van der Waals surface area contributed by atoms with Gasteiger partial charge in [-0.25, -0.2) is 0 Å². The highest BCUT2D eigenvalue weighted by atomic mass is 16.4. The minimum absolute atomic E-state index is 0.0455. The van der Waals surface area contributed by atoms with E-state index >= 15 is 0 Å². The molecule has 0 amide bonds. The van der Waals surface area contributed by atoms with Crippen molar-refractivity contribution in [1.82, 2.24) is 4.90 Å². The fourth-order valence-electron chi connectivity index (χ4n) is 3.79. The van der Waals surface area contributed by atoms with Gasteiger partial charge in [0.05, 0.1) is 6.42 Å². The predicted octanol–water partition coefficient (Wildman–Crippen LogP) is 3.29. The lowest BCUT2D eigenvalue weighted by molar-refractivity contribution is -0.140. The number of nitrogens with zero attached hydrogens (tertiary/aromatic N) is 1. The maximum atomic E-state index is 11.3. The lowest BCUT2D eigenvalue weighted by Crippen LogP contribution is -2.48. The smallest absolute Gasteiger partial charge is 0.305 e. The van der Waals surface area contributed by atoms with Crippen molar-refractivity contribution < 1.29 is 9.90 Å². The van der Waals surface area contributed by atoms with Crippen LogP contribution in [0, 0.1) is 5.41 Å². The van der Waals surface area contributed by atoms with Gasteiger partial charge in [0, 0.05) is 5.54 Å². The van der Waals surface area contributed by atoms with Gasteiger partial charge in [-0.2, -0.15) is 0 Å². The molecular formula is C15H27NO2. The lowest BCUT2D eigenvalue weighted by Gasteiger charge is -2.41. The van der Waals surface area contributed by atoms with Gasteiger partial charge in [-0.15, -0.1) is 0 Å². The second-order valence-corrected chi connectivity index (χ2v) is 7.01. The molecule has 1 saturated heterocycles. The van der Waals surface area contributed by atoms with Gasteiger partial charge in [0.1, 0.15) is 0 Å². The van der Waals surface area contributed by atoms with E-state index < -0.39 is 5.97 Å². The number of carboxylic acids is 1. The number of carboxylic acid groups (broad SMARTS) is 1. The fourth-order valence-corrected chi connectivity index (χ4v) is 3.79. The molecule has 3 heteroatoms. The summed E-state index contributed by atoms with van der Waals surface area (Å²) in [6.07, 6.45) is 8.53. The van der Waals surface area contributed by atoms with Crippen LogP contribution in [0.1, 0.15) is 65.2 Å². The number of carbonyl (C=O) groups is 1. The van der Waals surface area contributed by atoms with E-state index in [1.54, 1.807) is 0 Å². The first kappa shape index (κ1) is 13.9. The SMILES string of the molecule is CC1(C)CCCC(CC(=O)O)(N2CCCC2)CC1. The monoisotopic (exact) mass is 253 g/mol. The molecule has 0 spiro atoms. The second-order valence-electron chi connectivity index (χ2n) is 7.01. The number of rotatable bonds is 3. The van der Waals surface area contributed by atoms with Crippen LogP contribution in [-0.4, -0.2) is 34.6 Å². The van der Waals surface area contributed by atoms with E-state index in [9.17, 15) is 9.90 Å². The van der Waals surface area contributed by atoms with Crippen molar-refractivity contribution in [2.24, 2.45) is 5.41 Å². The molecule has 1 N–H and O–H groups in total. The summed E-state index contributed by atoms with van der Waals surface area (Å²) in [5.41, 5.74) is 0.343. The minimum atomic E-state index is -0.624. The van der Waals surface area contributed by atoms with Crippen molar-refractivity contribution in [2.75, 3.05) is 13.1 Å². The summed E-state index contributed by atoms with van der Waals surface area (Å²) in [5.74, 6) is -0.624. The first-order valence-electron chi connectivity index (χ1n) is 7.41. The Bertz CT molecular complexity index is 308. The number of hydrogen-bond donors (Lipinski definition) is 1. The van der Waals surface area contributed by atoms with Crippen LogP contribution in [0.25, 0.3) is 0 Å². The molecule has 0 radical (unpaired) electrons. The third-order valence-electron chi connectivity index (χ3n) is 5.02. The summed E-state index contributed by atoms with van der Waals surface area (Å²) in [6, 6.07) is 0. The molecule has 0 aromatic carbocycles. The van der Waals surface area contributed by atoms with E-state index in [0.717, 1.165) is 32.4 Å². The van der Waals surface area contributed by atoms with Gasteiger partial charge in [-0.05, 0) is 57.0 Å². The molecule has 3 nitrogen and oxygen atoms in total. The van der Waals surface area contributed by atoms with Gasteiger partial charge in [-0.3, -0.25) is 9.69 Å². The zero-order valence-corrected chi connectivity index (χ0v) is 11.9. The summed E-state index contributed by atoms with van der Waals surface area (Å²) in [6.45, 7) is 6.86. The number of likely N-dealkylation sites (tertiary alicyclic amines) is 1. The van der Waals surface area contributed by atoms with Crippen LogP contribution in [0.5, 0.6) is 0 Å². The van der Waals surface area contributed by atoms with Crippen LogP contribution in [0.15, 0.2) is 0 Å². The third-order valence-corrected chi connectivity index (χ3v) is 5.02. The van der Waals surface area contributed by atoms with Gasteiger partial charge >= 0.3 is 5.97 Å². The van der Waals surface area contributed by atoms with Crippen LogP contribution >= 0.6 is 0 Å². The van der Waals surface area contributed by atoms with Gasteiger partial charge < -0.3 is 5.11 Å². The Kier molecular flexibility index (Phi) is 4.00. The standard InChI is InChI=1S/C15H27NO2/c1-14(2)6-5-7-15(9-8-14,12-13(17)18)16-10-3-4-11-16/h3-12H2,1-2H3,(H,17,18). The van der Waals surface area contributed by atoms with Gasteiger partial charge in [0.25, 0.3) is 0 Å². The van der Waals surface area contributed by atoms with E-state index in [1.807, 2.05) is 0 Å². The Hall–Kier alpha value is -0.570. The average molecular weight is 253 g/mol. The molecule has 1 unspecified atom stereocenters. The summed E-state index contributed by atoms with van der Waals surface area (Å²) < 4.78 is 0. The molecule has 1 heterocycles. The summed E-state index contributed by atoms with van der Waals surface area (Å²) in [7, 11) is 0. The van der Waals surface area contributed by atoms with Gasteiger partial charge in [0.15, 0.2) is 0 Å². The molecule has 104 valence electrons. The maximum Gasteiger partial charge on any atom is 0.305 e. The van der Waals surface area contributed by atoms with Gasteiger partial charge in [0.2, 0.25) is 0 Å². The largest absolute Gasteiger partial charge is 0.481 e. The van der Waals surface area contributed by atoms with E-state index in [0.29, 0.717) is 11.8 Å². The van der Waals surface area contributed by atoms with Crippen LogP contribution in [-0.2, 0) is 4.79 Å². The summed E-state index contributed by atoms with van der Waals surface area (Å²) >= 11 is 0. The van der Waals surface area contributed by atoms with Crippen molar-refractivity contribution in [3.05, 3.63) is 0 Å². The quantitative estimate of drug-likeness (QED) is 0.785. The molecule has 2 fully saturated rings. The Balaban J connectivity index is 2.15. The highest BCUT2D eigenvalue weighted by Gasteiger charge is 2.42. The number of hydrogen-bond acceptors (Lipinski definition) is 2. The van der Waals surface area contributed by atoms with E-state index in [1.165, 1.54) is 25.7 Å². The summed E-state index contributed by atoms with van der Waals surface area (Å²) in [5, 5.41) is 9.29. The van der Waals surface area contributed by atoms with Crippen molar-refractivity contribution in [3.8, 4) is 0 Å². The molecule has 0 aromatic rings.